The van der Waals surface area contributed by atoms with Gasteiger partial charge in [-0.05, 0) is 31.7 Å². The van der Waals surface area contributed by atoms with Crippen molar-refractivity contribution in [3.05, 3.63) is 0 Å². The lowest BCUT2D eigenvalue weighted by molar-refractivity contribution is -0.130. The molecule has 1 saturated carbocycles. The number of likely N-dealkylation sites (tertiary alicyclic amines) is 1. The molecular formula is C16H27N3O2. The van der Waals surface area contributed by atoms with Crippen LogP contribution in [0.2, 0.25) is 0 Å². The fourth-order valence-electron chi connectivity index (χ4n) is 3.96. The first kappa shape index (κ1) is 14.8. The van der Waals surface area contributed by atoms with Crippen LogP contribution < -0.4 is 10.6 Å². The Morgan fingerprint density at radius 3 is 2.76 bits per heavy atom. The number of rotatable bonds is 3. The summed E-state index contributed by atoms with van der Waals surface area (Å²) in [6.07, 6.45) is 6.17. The molecule has 2 heterocycles. The van der Waals surface area contributed by atoms with Gasteiger partial charge in [0, 0.05) is 31.6 Å². The summed E-state index contributed by atoms with van der Waals surface area (Å²) in [5.41, 5.74) is 0. The summed E-state index contributed by atoms with van der Waals surface area (Å²) in [7, 11) is 0. The van der Waals surface area contributed by atoms with E-state index >= 15 is 0 Å². The summed E-state index contributed by atoms with van der Waals surface area (Å²) >= 11 is 0. The standard InChI is InChI=1S/C16H27N3O2/c1-11-6-7-17-9-14(11)18-16(21)12-8-15(20)19(10-12)13-4-2-3-5-13/h11-14,17H,2-10H2,1H3,(H,18,21). The highest BCUT2D eigenvalue weighted by Crippen LogP contribution is 2.29. The first-order valence-corrected chi connectivity index (χ1v) is 8.45. The first-order chi connectivity index (χ1) is 10.1. The molecule has 3 unspecified atom stereocenters. The summed E-state index contributed by atoms with van der Waals surface area (Å²) in [6, 6.07) is 0.604. The largest absolute Gasteiger partial charge is 0.352 e. The maximum Gasteiger partial charge on any atom is 0.225 e. The van der Waals surface area contributed by atoms with Crippen LogP contribution in [0.4, 0.5) is 0 Å². The average Bonchev–Trinajstić information content (AvgIpc) is 3.10. The number of hydrogen-bond acceptors (Lipinski definition) is 3. The van der Waals surface area contributed by atoms with Crippen molar-refractivity contribution in [3.63, 3.8) is 0 Å². The first-order valence-electron chi connectivity index (χ1n) is 8.45. The highest BCUT2D eigenvalue weighted by atomic mass is 16.2. The Balaban J connectivity index is 1.54. The van der Waals surface area contributed by atoms with Gasteiger partial charge in [0.2, 0.25) is 11.8 Å². The molecule has 3 aliphatic rings. The molecule has 2 saturated heterocycles. The van der Waals surface area contributed by atoms with Gasteiger partial charge in [0.15, 0.2) is 0 Å². The van der Waals surface area contributed by atoms with Crippen molar-refractivity contribution in [1.82, 2.24) is 15.5 Å². The molecule has 1 aliphatic carbocycles. The van der Waals surface area contributed by atoms with Crippen molar-refractivity contribution >= 4 is 11.8 Å². The third kappa shape index (κ3) is 3.23. The minimum absolute atomic E-state index is 0.0735. The van der Waals surface area contributed by atoms with E-state index in [2.05, 4.69) is 17.6 Å². The predicted molar refractivity (Wildman–Crippen MR) is 80.7 cm³/mol. The molecule has 5 heteroatoms. The number of carbonyl (C=O) groups is 2. The molecule has 2 aliphatic heterocycles. The van der Waals surface area contributed by atoms with Gasteiger partial charge in [-0.1, -0.05) is 19.8 Å². The summed E-state index contributed by atoms with van der Waals surface area (Å²) in [5.74, 6) is 0.617. The van der Waals surface area contributed by atoms with E-state index < -0.39 is 0 Å². The lowest BCUT2D eigenvalue weighted by Crippen LogP contribution is -2.51. The molecule has 5 nitrogen and oxygen atoms in total. The monoisotopic (exact) mass is 293 g/mol. The Morgan fingerprint density at radius 2 is 2.05 bits per heavy atom. The Bertz CT molecular complexity index is 406. The van der Waals surface area contributed by atoms with Gasteiger partial charge < -0.3 is 15.5 Å². The van der Waals surface area contributed by atoms with Gasteiger partial charge in [-0.2, -0.15) is 0 Å². The van der Waals surface area contributed by atoms with Crippen LogP contribution in [0.3, 0.4) is 0 Å². The van der Waals surface area contributed by atoms with Crippen LogP contribution in [0.25, 0.3) is 0 Å². The number of nitrogens with one attached hydrogen (secondary N) is 2. The van der Waals surface area contributed by atoms with Crippen molar-refractivity contribution in [1.29, 1.82) is 0 Å². The van der Waals surface area contributed by atoms with Crippen LogP contribution >= 0.6 is 0 Å². The Morgan fingerprint density at radius 1 is 1.29 bits per heavy atom. The minimum atomic E-state index is -0.146. The molecular weight excluding hydrogens is 266 g/mol. The summed E-state index contributed by atoms with van der Waals surface area (Å²) in [5, 5.41) is 6.49. The van der Waals surface area contributed by atoms with Gasteiger partial charge in [0.25, 0.3) is 0 Å². The van der Waals surface area contributed by atoms with Crippen molar-refractivity contribution in [3.8, 4) is 0 Å². The molecule has 0 aromatic carbocycles. The Kier molecular flexibility index (Phi) is 4.48. The van der Waals surface area contributed by atoms with Crippen LogP contribution in [0.1, 0.15) is 45.4 Å². The third-order valence-corrected chi connectivity index (χ3v) is 5.45. The summed E-state index contributed by atoms with van der Waals surface area (Å²) < 4.78 is 0. The quantitative estimate of drug-likeness (QED) is 0.812. The Hall–Kier alpha value is -1.10. The second kappa shape index (κ2) is 6.34. The van der Waals surface area contributed by atoms with Gasteiger partial charge in [-0.3, -0.25) is 9.59 Å². The van der Waals surface area contributed by atoms with Crippen molar-refractivity contribution < 1.29 is 9.59 Å². The van der Waals surface area contributed by atoms with E-state index in [4.69, 9.17) is 0 Å². The van der Waals surface area contributed by atoms with Crippen molar-refractivity contribution in [2.75, 3.05) is 19.6 Å². The molecule has 3 fully saturated rings. The number of nitrogens with zero attached hydrogens (tertiary/aromatic N) is 1. The van der Waals surface area contributed by atoms with Crippen LogP contribution in [-0.4, -0.2) is 48.4 Å². The van der Waals surface area contributed by atoms with Crippen LogP contribution in [0, 0.1) is 11.8 Å². The van der Waals surface area contributed by atoms with Crippen LogP contribution in [0.15, 0.2) is 0 Å². The summed E-state index contributed by atoms with van der Waals surface area (Å²) in [4.78, 5) is 26.6. The van der Waals surface area contributed by atoms with Crippen molar-refractivity contribution in [2.24, 2.45) is 11.8 Å². The van der Waals surface area contributed by atoms with E-state index in [1.807, 2.05) is 4.90 Å². The molecule has 0 bridgehead atoms. The van der Waals surface area contributed by atoms with E-state index in [1.165, 1.54) is 12.8 Å². The topological polar surface area (TPSA) is 61.4 Å². The predicted octanol–water partition coefficient (Wildman–Crippen LogP) is 0.892. The molecule has 0 radical (unpaired) electrons. The van der Waals surface area contributed by atoms with Crippen LogP contribution in [0.5, 0.6) is 0 Å². The number of hydrogen-bond donors (Lipinski definition) is 2. The maximum atomic E-state index is 12.4. The lowest BCUT2D eigenvalue weighted by Gasteiger charge is -2.31. The van der Waals surface area contributed by atoms with Crippen molar-refractivity contribution in [2.45, 2.75) is 57.5 Å². The van der Waals surface area contributed by atoms with E-state index in [0.717, 1.165) is 32.4 Å². The molecule has 3 rings (SSSR count). The van der Waals surface area contributed by atoms with E-state index in [-0.39, 0.29) is 23.8 Å². The molecule has 0 spiro atoms. The van der Waals surface area contributed by atoms with Crippen LogP contribution in [-0.2, 0) is 9.59 Å². The Labute approximate surface area is 126 Å². The second-order valence-electron chi connectivity index (χ2n) is 6.97. The average molecular weight is 293 g/mol. The van der Waals surface area contributed by atoms with E-state index in [9.17, 15) is 9.59 Å². The highest BCUT2D eigenvalue weighted by Gasteiger charge is 2.39. The fourth-order valence-corrected chi connectivity index (χ4v) is 3.96. The number of carbonyl (C=O) groups excluding carboxylic acids is 2. The van der Waals surface area contributed by atoms with Gasteiger partial charge in [0.1, 0.15) is 0 Å². The lowest BCUT2D eigenvalue weighted by atomic mass is 9.94. The smallest absolute Gasteiger partial charge is 0.225 e. The molecule has 21 heavy (non-hydrogen) atoms. The second-order valence-corrected chi connectivity index (χ2v) is 6.97. The normalized spacial score (nSPS) is 34.4. The van der Waals surface area contributed by atoms with E-state index in [1.54, 1.807) is 0 Å². The molecule has 0 aromatic heterocycles. The zero-order valence-electron chi connectivity index (χ0n) is 12.9. The molecule has 2 N–H and O–H groups in total. The van der Waals surface area contributed by atoms with Gasteiger partial charge in [-0.25, -0.2) is 0 Å². The fraction of sp³-hybridized carbons (Fsp3) is 0.875. The molecule has 0 aromatic rings. The SMILES string of the molecule is CC1CCNCC1NC(=O)C1CC(=O)N(C2CCCC2)C1. The number of amides is 2. The molecule has 3 atom stereocenters. The summed E-state index contributed by atoms with van der Waals surface area (Å²) in [6.45, 7) is 4.70. The van der Waals surface area contributed by atoms with Gasteiger partial charge >= 0.3 is 0 Å². The highest BCUT2D eigenvalue weighted by molar-refractivity contribution is 5.89. The third-order valence-electron chi connectivity index (χ3n) is 5.45. The number of piperidine rings is 1. The van der Waals surface area contributed by atoms with Gasteiger partial charge in [-0.15, -0.1) is 0 Å². The van der Waals surface area contributed by atoms with Gasteiger partial charge in [0.05, 0.1) is 5.92 Å². The molecule has 2 amide bonds. The maximum absolute atomic E-state index is 12.4. The van der Waals surface area contributed by atoms with E-state index in [0.29, 0.717) is 24.9 Å². The molecule has 118 valence electrons. The minimum Gasteiger partial charge on any atom is -0.352 e. The zero-order valence-corrected chi connectivity index (χ0v) is 12.9. The zero-order chi connectivity index (χ0) is 14.8.